The highest BCUT2D eigenvalue weighted by molar-refractivity contribution is 14.1. The van der Waals surface area contributed by atoms with E-state index in [2.05, 4.69) is 22.6 Å². The van der Waals surface area contributed by atoms with Gasteiger partial charge in [0.2, 0.25) is 0 Å². The third-order valence-electron chi connectivity index (χ3n) is 1.66. The molecule has 0 spiro atoms. The molecule has 0 saturated carbocycles. The van der Waals surface area contributed by atoms with Gasteiger partial charge in [-0.3, -0.25) is 0 Å². The number of rotatable bonds is 1. The number of halogens is 3. The van der Waals surface area contributed by atoms with Crippen LogP contribution >= 0.6 is 22.6 Å². The maximum absolute atomic E-state index is 12.6. The van der Waals surface area contributed by atoms with E-state index in [1.165, 1.54) is 6.92 Å². The van der Waals surface area contributed by atoms with E-state index in [0.717, 1.165) is 0 Å². The fourth-order valence-electron chi connectivity index (χ4n) is 0.997. The van der Waals surface area contributed by atoms with Crippen LogP contribution in [0.4, 0.5) is 8.78 Å². The Bertz CT molecular complexity index is 129. The minimum atomic E-state index is -2.60. The summed E-state index contributed by atoms with van der Waals surface area (Å²) in [5.41, 5.74) is 0. The summed E-state index contributed by atoms with van der Waals surface area (Å²) in [5.74, 6) is -2.60. The standard InChI is InChI=1S/C6H9F2IO/c1-4-6(7,8)2-5(3-9)10-4/h4-5H,2-3H2,1H3/t4-,5-/m1/s1. The molecule has 1 aliphatic heterocycles. The molecule has 1 aliphatic rings. The van der Waals surface area contributed by atoms with Crippen molar-refractivity contribution >= 4 is 22.6 Å². The highest BCUT2D eigenvalue weighted by Crippen LogP contribution is 2.35. The van der Waals surface area contributed by atoms with Crippen molar-refractivity contribution < 1.29 is 13.5 Å². The average molecular weight is 262 g/mol. The first kappa shape index (κ1) is 8.64. The molecule has 0 aliphatic carbocycles. The highest BCUT2D eigenvalue weighted by atomic mass is 127. The molecular weight excluding hydrogens is 253 g/mol. The summed E-state index contributed by atoms with van der Waals surface area (Å²) in [7, 11) is 0. The maximum Gasteiger partial charge on any atom is 0.275 e. The molecule has 0 radical (unpaired) electrons. The Hall–Kier alpha value is 0.550. The second-order valence-electron chi connectivity index (χ2n) is 2.52. The van der Waals surface area contributed by atoms with Gasteiger partial charge in [0.15, 0.2) is 0 Å². The summed E-state index contributed by atoms with van der Waals surface area (Å²) in [6, 6.07) is 0. The Morgan fingerprint density at radius 2 is 2.30 bits per heavy atom. The largest absolute Gasteiger partial charge is 0.368 e. The first-order valence-corrected chi connectivity index (χ1v) is 4.68. The maximum atomic E-state index is 12.6. The molecule has 0 N–H and O–H groups in total. The van der Waals surface area contributed by atoms with Gasteiger partial charge in [0, 0.05) is 10.8 Å². The van der Waals surface area contributed by atoms with Crippen LogP contribution in [0.15, 0.2) is 0 Å². The molecule has 0 aromatic carbocycles. The van der Waals surface area contributed by atoms with E-state index in [4.69, 9.17) is 4.74 Å². The Labute approximate surface area is 72.3 Å². The van der Waals surface area contributed by atoms with E-state index >= 15 is 0 Å². The molecule has 4 heteroatoms. The monoisotopic (exact) mass is 262 g/mol. The van der Waals surface area contributed by atoms with Crippen LogP contribution in [0.2, 0.25) is 0 Å². The van der Waals surface area contributed by atoms with Gasteiger partial charge < -0.3 is 4.74 Å². The predicted molar refractivity (Wildman–Crippen MR) is 42.8 cm³/mol. The molecule has 0 aromatic rings. The van der Waals surface area contributed by atoms with Crippen molar-refractivity contribution in [3.8, 4) is 0 Å². The number of alkyl halides is 3. The van der Waals surface area contributed by atoms with Crippen LogP contribution in [0.5, 0.6) is 0 Å². The van der Waals surface area contributed by atoms with Crippen LogP contribution < -0.4 is 0 Å². The fraction of sp³-hybridized carbons (Fsp3) is 1.00. The zero-order valence-electron chi connectivity index (χ0n) is 5.61. The normalized spacial score (nSPS) is 38.4. The molecule has 2 atom stereocenters. The lowest BCUT2D eigenvalue weighted by Gasteiger charge is -2.10. The summed E-state index contributed by atoms with van der Waals surface area (Å²) in [6.45, 7) is 1.42. The van der Waals surface area contributed by atoms with Crippen molar-refractivity contribution in [1.29, 1.82) is 0 Å². The van der Waals surface area contributed by atoms with E-state index < -0.39 is 12.0 Å². The molecule has 1 fully saturated rings. The number of hydrogen-bond donors (Lipinski definition) is 0. The van der Waals surface area contributed by atoms with Gasteiger partial charge in [0.25, 0.3) is 5.92 Å². The van der Waals surface area contributed by atoms with Crippen LogP contribution in [-0.2, 0) is 4.74 Å². The van der Waals surface area contributed by atoms with E-state index in [0.29, 0.717) is 4.43 Å². The van der Waals surface area contributed by atoms with Crippen LogP contribution in [0, 0.1) is 0 Å². The third kappa shape index (κ3) is 1.58. The molecule has 0 aromatic heterocycles. The molecule has 0 unspecified atom stereocenters. The van der Waals surface area contributed by atoms with Crippen molar-refractivity contribution in [1.82, 2.24) is 0 Å². The summed E-state index contributed by atoms with van der Waals surface area (Å²) in [5, 5.41) is 0. The Kier molecular flexibility index (Phi) is 2.50. The zero-order chi connectivity index (χ0) is 7.78. The summed E-state index contributed by atoms with van der Waals surface area (Å²) >= 11 is 2.06. The van der Waals surface area contributed by atoms with Gasteiger partial charge in [0.05, 0.1) is 6.10 Å². The van der Waals surface area contributed by atoms with Crippen molar-refractivity contribution in [2.24, 2.45) is 0 Å². The lowest BCUT2D eigenvalue weighted by Crippen LogP contribution is -2.24. The van der Waals surface area contributed by atoms with Gasteiger partial charge >= 0.3 is 0 Å². The van der Waals surface area contributed by atoms with Crippen LogP contribution in [0.1, 0.15) is 13.3 Å². The van der Waals surface area contributed by atoms with Crippen molar-refractivity contribution in [2.75, 3.05) is 4.43 Å². The second kappa shape index (κ2) is 2.89. The summed E-state index contributed by atoms with van der Waals surface area (Å²) < 4.78 is 30.9. The number of ether oxygens (including phenoxy) is 1. The molecule has 0 bridgehead atoms. The number of hydrogen-bond acceptors (Lipinski definition) is 1. The summed E-state index contributed by atoms with van der Waals surface area (Å²) in [6.07, 6.45) is -1.25. The topological polar surface area (TPSA) is 9.23 Å². The van der Waals surface area contributed by atoms with Gasteiger partial charge in [-0.2, -0.15) is 0 Å². The van der Waals surface area contributed by atoms with Gasteiger partial charge in [-0.15, -0.1) is 0 Å². The molecule has 0 amide bonds. The molecule has 1 heterocycles. The lowest BCUT2D eigenvalue weighted by atomic mass is 10.1. The lowest BCUT2D eigenvalue weighted by molar-refractivity contribution is -0.0627. The Morgan fingerprint density at radius 3 is 2.50 bits per heavy atom. The van der Waals surface area contributed by atoms with Gasteiger partial charge in [-0.25, -0.2) is 8.78 Å². The molecular formula is C6H9F2IO. The van der Waals surface area contributed by atoms with E-state index in [9.17, 15) is 8.78 Å². The highest BCUT2D eigenvalue weighted by Gasteiger charge is 2.46. The molecule has 1 nitrogen and oxygen atoms in total. The predicted octanol–water partition coefficient (Wildman–Crippen LogP) is 2.23. The van der Waals surface area contributed by atoms with E-state index in [1.54, 1.807) is 0 Å². The van der Waals surface area contributed by atoms with Crippen molar-refractivity contribution in [3.63, 3.8) is 0 Å². The van der Waals surface area contributed by atoms with Crippen molar-refractivity contribution in [3.05, 3.63) is 0 Å². The second-order valence-corrected chi connectivity index (χ2v) is 3.40. The van der Waals surface area contributed by atoms with Crippen LogP contribution in [0.25, 0.3) is 0 Å². The first-order valence-electron chi connectivity index (χ1n) is 3.15. The van der Waals surface area contributed by atoms with Gasteiger partial charge in [-0.1, -0.05) is 22.6 Å². The SMILES string of the molecule is C[C@H]1O[C@@H](CI)CC1(F)F. The molecule has 60 valence electrons. The van der Waals surface area contributed by atoms with Crippen LogP contribution in [-0.4, -0.2) is 22.6 Å². The first-order chi connectivity index (χ1) is 4.56. The third-order valence-corrected chi connectivity index (χ3v) is 2.65. The van der Waals surface area contributed by atoms with E-state index in [-0.39, 0.29) is 12.5 Å². The Morgan fingerprint density at radius 1 is 1.70 bits per heavy atom. The molecule has 10 heavy (non-hydrogen) atoms. The smallest absolute Gasteiger partial charge is 0.275 e. The average Bonchev–Trinajstić information content (AvgIpc) is 2.08. The molecule has 1 rings (SSSR count). The minimum absolute atomic E-state index is 0.114. The van der Waals surface area contributed by atoms with Crippen molar-refractivity contribution in [2.45, 2.75) is 31.5 Å². The summed E-state index contributed by atoms with van der Waals surface area (Å²) in [4.78, 5) is 0. The van der Waals surface area contributed by atoms with Gasteiger partial charge in [0.1, 0.15) is 6.10 Å². The fourth-order valence-corrected chi connectivity index (χ4v) is 1.52. The van der Waals surface area contributed by atoms with E-state index in [1.807, 2.05) is 0 Å². The zero-order valence-corrected chi connectivity index (χ0v) is 7.77. The quantitative estimate of drug-likeness (QED) is 0.520. The molecule has 1 saturated heterocycles. The van der Waals surface area contributed by atoms with Crippen LogP contribution in [0.3, 0.4) is 0 Å². The van der Waals surface area contributed by atoms with Gasteiger partial charge in [-0.05, 0) is 6.92 Å². The minimum Gasteiger partial charge on any atom is -0.368 e. The Balaban J connectivity index is 2.53.